The van der Waals surface area contributed by atoms with Crippen LogP contribution in [0.3, 0.4) is 0 Å². The van der Waals surface area contributed by atoms with Gasteiger partial charge in [0.15, 0.2) is 0 Å². The van der Waals surface area contributed by atoms with E-state index < -0.39 is 0 Å². The van der Waals surface area contributed by atoms with Gasteiger partial charge in [0, 0.05) is 24.4 Å². The first kappa shape index (κ1) is 15.9. The Bertz CT molecular complexity index is 761. The van der Waals surface area contributed by atoms with Crippen LogP contribution in [0.4, 0.5) is 0 Å². The van der Waals surface area contributed by atoms with Crippen molar-refractivity contribution >= 4 is 28.6 Å². The number of aryl methyl sites for hydroxylation is 1. The van der Waals surface area contributed by atoms with Crippen molar-refractivity contribution in [3.05, 3.63) is 52.7 Å². The molecule has 3 nitrogen and oxygen atoms in total. The number of nitrogens with zero attached hydrogens (tertiary/aromatic N) is 1. The average molecular weight is 342 g/mol. The summed E-state index contributed by atoms with van der Waals surface area (Å²) < 4.78 is 0. The monoisotopic (exact) mass is 342 g/mol. The van der Waals surface area contributed by atoms with Crippen molar-refractivity contribution in [1.82, 2.24) is 10.3 Å². The molecule has 0 aliphatic carbocycles. The molecule has 1 amide bonds. The topological polar surface area (TPSA) is 42.0 Å². The van der Waals surface area contributed by atoms with Gasteiger partial charge in [-0.25, -0.2) is 4.98 Å². The Morgan fingerprint density at radius 2 is 2.00 bits per heavy atom. The number of hydrogen-bond acceptors (Lipinski definition) is 4. The zero-order valence-corrected chi connectivity index (χ0v) is 14.5. The van der Waals surface area contributed by atoms with E-state index >= 15 is 0 Å². The van der Waals surface area contributed by atoms with E-state index in [1.165, 1.54) is 10.4 Å². The van der Waals surface area contributed by atoms with Gasteiger partial charge in [0.2, 0.25) is 5.91 Å². The lowest BCUT2D eigenvalue weighted by Gasteiger charge is -2.04. The predicted octanol–water partition coefficient (Wildman–Crippen LogP) is 4.61. The minimum absolute atomic E-state index is 0.0328. The van der Waals surface area contributed by atoms with Crippen LogP contribution in [0.5, 0.6) is 0 Å². The average Bonchev–Trinajstić information content (AvgIpc) is 3.22. The van der Waals surface area contributed by atoms with Crippen LogP contribution < -0.4 is 5.32 Å². The number of thiophene rings is 1. The molecule has 2 heterocycles. The van der Waals surface area contributed by atoms with Crippen molar-refractivity contribution in [2.45, 2.75) is 19.8 Å². The van der Waals surface area contributed by atoms with Crippen molar-refractivity contribution in [2.24, 2.45) is 0 Å². The molecular weight excluding hydrogens is 324 g/mol. The molecule has 5 heteroatoms. The van der Waals surface area contributed by atoms with Crippen LogP contribution in [0.1, 0.15) is 18.9 Å². The van der Waals surface area contributed by atoms with E-state index in [0.29, 0.717) is 0 Å². The molecule has 0 atom stereocenters. The fourth-order valence-electron chi connectivity index (χ4n) is 2.32. The molecular formula is C18H18N2OS2. The molecule has 0 aliphatic rings. The molecule has 0 fully saturated rings. The lowest BCUT2D eigenvalue weighted by Crippen LogP contribution is -2.21. The molecule has 0 radical (unpaired) electrons. The molecule has 0 saturated carbocycles. The highest BCUT2D eigenvalue weighted by Gasteiger charge is 2.07. The molecule has 0 bridgehead atoms. The molecule has 0 unspecified atom stereocenters. The number of rotatable bonds is 6. The second kappa shape index (κ2) is 7.53. The van der Waals surface area contributed by atoms with Gasteiger partial charge in [0.1, 0.15) is 5.01 Å². The number of nitrogens with one attached hydrogen (secondary N) is 1. The maximum Gasteiger partial charge on any atom is 0.216 e. The molecule has 0 aliphatic heterocycles. The first-order chi connectivity index (χ1) is 11.2. The van der Waals surface area contributed by atoms with Crippen molar-refractivity contribution in [3.63, 3.8) is 0 Å². The van der Waals surface area contributed by atoms with Gasteiger partial charge in [-0.3, -0.25) is 4.79 Å². The molecule has 1 N–H and O–H groups in total. The summed E-state index contributed by atoms with van der Waals surface area (Å²) in [7, 11) is 0. The van der Waals surface area contributed by atoms with Gasteiger partial charge in [0.25, 0.3) is 0 Å². The second-order valence-electron chi connectivity index (χ2n) is 5.30. The van der Waals surface area contributed by atoms with E-state index in [1.54, 1.807) is 29.6 Å². The van der Waals surface area contributed by atoms with Crippen LogP contribution in [-0.4, -0.2) is 17.4 Å². The summed E-state index contributed by atoms with van der Waals surface area (Å²) in [4.78, 5) is 16.8. The summed E-state index contributed by atoms with van der Waals surface area (Å²) in [6.07, 6.45) is 1.93. The number of amides is 1. The summed E-state index contributed by atoms with van der Waals surface area (Å²) in [5, 5.41) is 8.09. The third kappa shape index (κ3) is 4.27. The summed E-state index contributed by atoms with van der Waals surface area (Å²) in [6.45, 7) is 2.28. The van der Waals surface area contributed by atoms with Gasteiger partial charge in [-0.05, 0) is 29.9 Å². The SMILES string of the molecule is CC(=O)NCCCc1ccc(-c2csc(-c3cccs3)n2)cc1. The fourth-order valence-corrected chi connectivity index (χ4v) is 3.96. The van der Waals surface area contributed by atoms with Gasteiger partial charge >= 0.3 is 0 Å². The maximum absolute atomic E-state index is 10.8. The van der Waals surface area contributed by atoms with Crippen LogP contribution in [0.15, 0.2) is 47.2 Å². The molecule has 1 aromatic carbocycles. The van der Waals surface area contributed by atoms with Crippen LogP contribution in [0.2, 0.25) is 0 Å². The van der Waals surface area contributed by atoms with Crippen molar-refractivity contribution in [3.8, 4) is 21.1 Å². The molecule has 23 heavy (non-hydrogen) atoms. The molecule has 3 rings (SSSR count). The first-order valence-corrected chi connectivity index (χ1v) is 9.31. The van der Waals surface area contributed by atoms with Gasteiger partial charge in [-0.1, -0.05) is 30.3 Å². The molecule has 3 aromatic rings. The Labute approximate surface area is 144 Å². The maximum atomic E-state index is 10.8. The summed E-state index contributed by atoms with van der Waals surface area (Å²) in [5.74, 6) is 0.0328. The van der Waals surface area contributed by atoms with Crippen LogP contribution in [-0.2, 0) is 11.2 Å². The van der Waals surface area contributed by atoms with E-state index in [1.807, 2.05) is 0 Å². The van der Waals surface area contributed by atoms with Crippen molar-refractivity contribution < 1.29 is 4.79 Å². The summed E-state index contributed by atoms with van der Waals surface area (Å²) >= 11 is 3.40. The van der Waals surface area contributed by atoms with Gasteiger partial charge in [0.05, 0.1) is 10.6 Å². The third-order valence-electron chi connectivity index (χ3n) is 3.50. The molecule has 2 aromatic heterocycles. The molecule has 0 saturated heterocycles. The first-order valence-electron chi connectivity index (χ1n) is 7.55. The Kier molecular flexibility index (Phi) is 5.20. The third-order valence-corrected chi connectivity index (χ3v) is 5.38. The standard InChI is InChI=1S/C18H18N2OS2/c1-13(21)19-10-2-4-14-6-8-15(9-7-14)16-12-23-18(20-16)17-5-3-11-22-17/h3,5-9,11-12H,2,4,10H2,1H3,(H,19,21). The van der Waals surface area contributed by atoms with Crippen LogP contribution in [0.25, 0.3) is 21.1 Å². The van der Waals surface area contributed by atoms with Crippen molar-refractivity contribution in [1.29, 1.82) is 0 Å². The Hall–Kier alpha value is -1.98. The number of hydrogen-bond donors (Lipinski definition) is 1. The van der Waals surface area contributed by atoms with E-state index in [9.17, 15) is 4.79 Å². The molecule has 0 spiro atoms. The van der Waals surface area contributed by atoms with E-state index in [2.05, 4.69) is 52.5 Å². The number of thiazole rings is 1. The van der Waals surface area contributed by atoms with Crippen molar-refractivity contribution in [2.75, 3.05) is 6.54 Å². The Morgan fingerprint density at radius 3 is 2.70 bits per heavy atom. The molecule has 118 valence electrons. The number of benzene rings is 1. The zero-order valence-electron chi connectivity index (χ0n) is 12.9. The second-order valence-corrected chi connectivity index (χ2v) is 7.10. The van der Waals surface area contributed by atoms with Gasteiger partial charge < -0.3 is 5.32 Å². The van der Waals surface area contributed by atoms with E-state index in [4.69, 9.17) is 4.98 Å². The lowest BCUT2D eigenvalue weighted by molar-refractivity contribution is -0.118. The smallest absolute Gasteiger partial charge is 0.216 e. The lowest BCUT2D eigenvalue weighted by atomic mass is 10.1. The number of aromatic nitrogens is 1. The number of carbonyl (C=O) groups excluding carboxylic acids is 1. The van der Waals surface area contributed by atoms with Gasteiger partial charge in [-0.2, -0.15) is 0 Å². The quantitative estimate of drug-likeness (QED) is 0.665. The zero-order chi connectivity index (χ0) is 16.1. The highest BCUT2D eigenvalue weighted by Crippen LogP contribution is 2.31. The highest BCUT2D eigenvalue weighted by molar-refractivity contribution is 7.20. The summed E-state index contributed by atoms with van der Waals surface area (Å²) in [6, 6.07) is 12.7. The van der Waals surface area contributed by atoms with E-state index in [0.717, 1.165) is 35.7 Å². The number of carbonyl (C=O) groups is 1. The van der Waals surface area contributed by atoms with Crippen LogP contribution in [0, 0.1) is 0 Å². The van der Waals surface area contributed by atoms with E-state index in [-0.39, 0.29) is 5.91 Å². The predicted molar refractivity (Wildman–Crippen MR) is 97.9 cm³/mol. The minimum atomic E-state index is 0.0328. The normalized spacial score (nSPS) is 10.7. The largest absolute Gasteiger partial charge is 0.356 e. The Morgan fingerprint density at radius 1 is 1.17 bits per heavy atom. The van der Waals surface area contributed by atoms with Crippen LogP contribution >= 0.6 is 22.7 Å². The Balaban J connectivity index is 1.62. The minimum Gasteiger partial charge on any atom is -0.356 e. The fraction of sp³-hybridized carbons (Fsp3) is 0.222. The highest BCUT2D eigenvalue weighted by atomic mass is 32.1. The van der Waals surface area contributed by atoms with Gasteiger partial charge in [-0.15, -0.1) is 22.7 Å². The summed E-state index contributed by atoms with van der Waals surface area (Å²) in [5.41, 5.74) is 3.46.